The number of benzene rings is 1. The molecule has 0 bridgehead atoms. The lowest BCUT2D eigenvalue weighted by atomic mass is 9.98. The lowest BCUT2D eigenvalue weighted by Crippen LogP contribution is -2.39. The summed E-state index contributed by atoms with van der Waals surface area (Å²) in [5, 5.41) is 21.8. The molecule has 0 N–H and O–H groups in total. The molecule has 1 aromatic rings. The molecule has 0 saturated carbocycles. The van der Waals surface area contributed by atoms with Gasteiger partial charge < -0.3 is 9.57 Å². The van der Waals surface area contributed by atoms with Crippen LogP contribution in [0.4, 0.5) is 5.69 Å². The van der Waals surface area contributed by atoms with Crippen LogP contribution in [-0.4, -0.2) is 35.1 Å². The van der Waals surface area contributed by atoms with E-state index in [1.807, 2.05) is 6.07 Å². The summed E-state index contributed by atoms with van der Waals surface area (Å²) >= 11 is 0. The van der Waals surface area contributed by atoms with Gasteiger partial charge in [-0.15, -0.1) is 5.06 Å². The lowest BCUT2D eigenvalue weighted by molar-refractivity contribution is -0.385. The number of hydroxylamine groups is 2. The van der Waals surface area contributed by atoms with Crippen molar-refractivity contribution in [2.45, 2.75) is 39.7 Å². The first kappa shape index (κ1) is 18.7. The third-order valence-electron chi connectivity index (χ3n) is 3.88. The van der Waals surface area contributed by atoms with Crippen LogP contribution in [0.25, 0.3) is 0 Å². The molecule has 8 nitrogen and oxygen atoms in total. The zero-order valence-corrected chi connectivity index (χ0v) is 14.5. The van der Waals surface area contributed by atoms with E-state index in [2.05, 4.69) is 0 Å². The van der Waals surface area contributed by atoms with Crippen LogP contribution in [0.5, 0.6) is 5.75 Å². The second-order valence-corrected chi connectivity index (χ2v) is 6.90. The summed E-state index contributed by atoms with van der Waals surface area (Å²) in [7, 11) is 0. The van der Waals surface area contributed by atoms with Crippen LogP contribution in [0.15, 0.2) is 18.2 Å². The third kappa shape index (κ3) is 4.45. The summed E-state index contributed by atoms with van der Waals surface area (Å²) in [5.41, 5.74) is -1.01. The van der Waals surface area contributed by atoms with Gasteiger partial charge in [-0.1, -0.05) is 6.07 Å². The largest absolute Gasteiger partial charge is 0.490 e. The maximum atomic E-state index is 12.0. The van der Waals surface area contributed by atoms with Crippen molar-refractivity contribution in [1.29, 1.82) is 5.26 Å². The molecule has 0 aliphatic carbocycles. The molecule has 1 aromatic carbocycles. The summed E-state index contributed by atoms with van der Waals surface area (Å²) in [6.45, 7) is 6.11. The number of hydrogen-bond donors (Lipinski definition) is 0. The summed E-state index contributed by atoms with van der Waals surface area (Å²) < 4.78 is 5.64. The Morgan fingerprint density at radius 1 is 1.48 bits per heavy atom. The fraction of sp³-hybridized carbons (Fsp3) is 0.529. The molecule has 1 aliphatic rings. The van der Waals surface area contributed by atoms with Gasteiger partial charge in [-0.05, 0) is 39.7 Å². The Hall–Kier alpha value is -2.66. The van der Waals surface area contributed by atoms with Crippen molar-refractivity contribution in [2.24, 2.45) is 5.41 Å². The van der Waals surface area contributed by atoms with Gasteiger partial charge in [-0.25, -0.2) is 4.79 Å². The maximum Gasteiger partial charge on any atom is 0.330 e. The predicted octanol–water partition coefficient (Wildman–Crippen LogP) is 2.81. The summed E-state index contributed by atoms with van der Waals surface area (Å²) in [6.07, 6.45) is 1.62. The monoisotopic (exact) mass is 347 g/mol. The van der Waals surface area contributed by atoms with Crippen LogP contribution in [0.1, 0.15) is 39.2 Å². The van der Waals surface area contributed by atoms with Crippen molar-refractivity contribution in [3.8, 4) is 11.8 Å². The van der Waals surface area contributed by atoms with E-state index < -0.39 is 10.3 Å². The summed E-state index contributed by atoms with van der Waals surface area (Å²) in [4.78, 5) is 27.9. The number of rotatable bonds is 5. The molecule has 1 atom stereocenters. The van der Waals surface area contributed by atoms with Crippen LogP contribution in [0, 0.1) is 26.9 Å². The SMILES string of the molecule is CC(C)(C)C(=O)ON1CCC[C@H]1COc1cccc([N+](=O)[O-])c1C#N. The number of ether oxygens (including phenoxy) is 1. The molecule has 1 saturated heterocycles. The minimum atomic E-state index is -0.613. The van der Waals surface area contributed by atoms with Crippen molar-refractivity contribution in [3.05, 3.63) is 33.9 Å². The highest BCUT2D eigenvalue weighted by molar-refractivity contribution is 5.75. The Labute approximate surface area is 146 Å². The van der Waals surface area contributed by atoms with E-state index in [9.17, 15) is 20.2 Å². The summed E-state index contributed by atoms with van der Waals surface area (Å²) in [6, 6.07) is 5.92. The Kier molecular flexibility index (Phi) is 5.59. The average Bonchev–Trinajstić information content (AvgIpc) is 2.98. The minimum absolute atomic E-state index is 0.108. The molecule has 1 aliphatic heterocycles. The van der Waals surface area contributed by atoms with Crippen molar-refractivity contribution in [2.75, 3.05) is 13.2 Å². The zero-order valence-electron chi connectivity index (χ0n) is 14.5. The Balaban J connectivity index is 2.06. The highest BCUT2D eigenvalue weighted by Crippen LogP contribution is 2.29. The first-order valence-electron chi connectivity index (χ1n) is 8.03. The maximum absolute atomic E-state index is 12.0. The minimum Gasteiger partial charge on any atom is -0.490 e. The van der Waals surface area contributed by atoms with Gasteiger partial charge in [0.1, 0.15) is 18.4 Å². The number of nitrogens with zero attached hydrogens (tertiary/aromatic N) is 3. The molecule has 25 heavy (non-hydrogen) atoms. The smallest absolute Gasteiger partial charge is 0.330 e. The number of nitro benzene ring substituents is 1. The van der Waals surface area contributed by atoms with Gasteiger partial charge in [0.2, 0.25) is 0 Å². The van der Waals surface area contributed by atoms with Crippen molar-refractivity contribution in [1.82, 2.24) is 5.06 Å². The van der Waals surface area contributed by atoms with Crippen molar-refractivity contribution >= 4 is 11.7 Å². The Morgan fingerprint density at radius 3 is 2.80 bits per heavy atom. The molecule has 0 radical (unpaired) electrons. The first-order chi connectivity index (χ1) is 11.7. The van der Waals surface area contributed by atoms with E-state index in [-0.39, 0.29) is 35.6 Å². The van der Waals surface area contributed by atoms with E-state index >= 15 is 0 Å². The van der Waals surface area contributed by atoms with E-state index in [0.29, 0.717) is 6.54 Å². The highest BCUT2D eigenvalue weighted by Gasteiger charge is 2.33. The highest BCUT2D eigenvalue weighted by atomic mass is 16.7. The number of carbonyl (C=O) groups is 1. The molecule has 1 heterocycles. The van der Waals surface area contributed by atoms with Crippen molar-refractivity contribution < 1.29 is 19.3 Å². The van der Waals surface area contributed by atoms with Crippen LogP contribution < -0.4 is 4.74 Å². The van der Waals surface area contributed by atoms with Gasteiger partial charge >= 0.3 is 5.97 Å². The topological polar surface area (TPSA) is 106 Å². The number of hydrogen-bond acceptors (Lipinski definition) is 7. The number of nitriles is 1. The van der Waals surface area contributed by atoms with Gasteiger partial charge in [-0.3, -0.25) is 10.1 Å². The van der Waals surface area contributed by atoms with Crippen LogP contribution in [0.2, 0.25) is 0 Å². The normalized spacial score (nSPS) is 17.8. The molecule has 8 heteroatoms. The molecule has 0 aromatic heterocycles. The quantitative estimate of drug-likeness (QED) is 0.595. The van der Waals surface area contributed by atoms with Gasteiger partial charge in [-0.2, -0.15) is 5.26 Å². The molecule has 0 unspecified atom stereocenters. The third-order valence-corrected chi connectivity index (χ3v) is 3.88. The fourth-order valence-electron chi connectivity index (χ4n) is 2.43. The van der Waals surface area contributed by atoms with E-state index in [1.165, 1.54) is 18.2 Å². The second kappa shape index (κ2) is 7.49. The lowest BCUT2D eigenvalue weighted by Gasteiger charge is -2.26. The van der Waals surface area contributed by atoms with Crippen LogP contribution >= 0.6 is 0 Å². The molecule has 1 fully saturated rings. The number of carbonyl (C=O) groups excluding carboxylic acids is 1. The average molecular weight is 347 g/mol. The molecule has 134 valence electrons. The van der Waals surface area contributed by atoms with Gasteiger partial charge in [0.15, 0.2) is 5.56 Å². The zero-order chi connectivity index (χ0) is 18.6. The standard InChI is InChI=1S/C17H21N3O5/c1-17(2,3)16(21)25-19-9-5-6-12(19)11-24-15-8-4-7-14(20(22)23)13(15)10-18/h4,7-8,12H,5-6,9,11H2,1-3H3/t12-/m0/s1. The fourth-order valence-corrected chi connectivity index (χ4v) is 2.43. The molecule has 0 spiro atoms. The van der Waals surface area contributed by atoms with E-state index in [1.54, 1.807) is 25.8 Å². The molecular formula is C17H21N3O5. The predicted molar refractivity (Wildman–Crippen MR) is 88.6 cm³/mol. The number of nitro groups is 1. The Bertz CT molecular complexity index is 705. The van der Waals surface area contributed by atoms with Crippen LogP contribution in [0.3, 0.4) is 0 Å². The van der Waals surface area contributed by atoms with Crippen molar-refractivity contribution in [3.63, 3.8) is 0 Å². The van der Waals surface area contributed by atoms with E-state index in [0.717, 1.165) is 12.8 Å². The second-order valence-electron chi connectivity index (χ2n) is 6.90. The van der Waals surface area contributed by atoms with E-state index in [4.69, 9.17) is 9.57 Å². The summed E-state index contributed by atoms with van der Waals surface area (Å²) in [5.74, 6) is -0.168. The van der Waals surface area contributed by atoms with Gasteiger partial charge in [0, 0.05) is 12.6 Å². The molecular weight excluding hydrogens is 326 g/mol. The van der Waals surface area contributed by atoms with Gasteiger partial charge in [0.25, 0.3) is 5.69 Å². The first-order valence-corrected chi connectivity index (χ1v) is 8.03. The van der Waals surface area contributed by atoms with Crippen LogP contribution in [-0.2, 0) is 9.63 Å². The molecule has 2 rings (SSSR count). The molecule has 0 amide bonds. The Morgan fingerprint density at radius 2 is 2.20 bits per heavy atom. The van der Waals surface area contributed by atoms with Gasteiger partial charge in [0.05, 0.1) is 16.4 Å².